The molecule has 2 heterocycles. The Labute approximate surface area is 132 Å². The van der Waals surface area contributed by atoms with E-state index >= 15 is 0 Å². The first-order valence-electron chi connectivity index (χ1n) is 6.96. The topological polar surface area (TPSA) is 42.2 Å². The zero-order valence-electron chi connectivity index (χ0n) is 12.4. The standard InChI is InChI=1S/C16H16FN3OS/c1-11(20(2)10-12-6-3-4-7-13(12)17)15-18-19-16(21-15)14-8-5-9-22-14/h3-9,11H,10H2,1-2H3. The van der Waals surface area contributed by atoms with Gasteiger partial charge in [0.25, 0.3) is 5.89 Å². The predicted octanol–water partition coefficient (Wildman–Crippen LogP) is 4.13. The zero-order valence-corrected chi connectivity index (χ0v) is 13.2. The fraction of sp³-hybridized carbons (Fsp3) is 0.250. The molecule has 6 heteroatoms. The minimum Gasteiger partial charge on any atom is -0.418 e. The molecule has 1 unspecified atom stereocenters. The van der Waals surface area contributed by atoms with Gasteiger partial charge >= 0.3 is 0 Å². The maximum Gasteiger partial charge on any atom is 0.257 e. The number of aromatic nitrogens is 2. The lowest BCUT2D eigenvalue weighted by Gasteiger charge is -2.21. The Morgan fingerprint density at radius 1 is 1.23 bits per heavy atom. The van der Waals surface area contributed by atoms with Crippen LogP contribution in [0.1, 0.15) is 24.4 Å². The van der Waals surface area contributed by atoms with Gasteiger partial charge < -0.3 is 4.42 Å². The van der Waals surface area contributed by atoms with Crippen LogP contribution in [0.25, 0.3) is 10.8 Å². The van der Waals surface area contributed by atoms with Gasteiger partial charge in [-0.1, -0.05) is 24.3 Å². The van der Waals surface area contributed by atoms with E-state index in [1.807, 2.05) is 42.5 Å². The first kappa shape index (κ1) is 14.9. The lowest BCUT2D eigenvalue weighted by atomic mass is 10.2. The molecule has 0 N–H and O–H groups in total. The highest BCUT2D eigenvalue weighted by Crippen LogP contribution is 2.27. The van der Waals surface area contributed by atoms with Gasteiger partial charge in [0.2, 0.25) is 5.89 Å². The number of hydrogen-bond acceptors (Lipinski definition) is 5. The van der Waals surface area contributed by atoms with E-state index in [4.69, 9.17) is 4.42 Å². The number of thiophene rings is 1. The monoisotopic (exact) mass is 317 g/mol. The summed E-state index contributed by atoms with van der Waals surface area (Å²) in [6.45, 7) is 2.44. The highest BCUT2D eigenvalue weighted by molar-refractivity contribution is 7.13. The van der Waals surface area contributed by atoms with Crippen LogP contribution < -0.4 is 0 Å². The van der Waals surface area contributed by atoms with Crippen molar-refractivity contribution in [1.82, 2.24) is 15.1 Å². The SMILES string of the molecule is CC(c1nnc(-c2cccs2)o1)N(C)Cc1ccccc1F. The third-order valence-corrected chi connectivity index (χ3v) is 4.43. The first-order valence-corrected chi connectivity index (χ1v) is 7.84. The largest absolute Gasteiger partial charge is 0.418 e. The molecule has 0 aliphatic carbocycles. The van der Waals surface area contributed by atoms with Gasteiger partial charge in [-0.05, 0) is 31.5 Å². The second-order valence-corrected chi connectivity index (χ2v) is 6.05. The average Bonchev–Trinajstić information content (AvgIpc) is 3.19. The summed E-state index contributed by atoms with van der Waals surface area (Å²) >= 11 is 1.55. The molecule has 1 atom stereocenters. The summed E-state index contributed by atoms with van der Waals surface area (Å²) in [5, 5.41) is 10.2. The molecule has 22 heavy (non-hydrogen) atoms. The Morgan fingerprint density at radius 3 is 2.77 bits per heavy atom. The third-order valence-electron chi connectivity index (χ3n) is 3.57. The Balaban J connectivity index is 1.73. The van der Waals surface area contributed by atoms with E-state index in [0.29, 0.717) is 23.9 Å². The smallest absolute Gasteiger partial charge is 0.257 e. The zero-order chi connectivity index (χ0) is 15.5. The minimum atomic E-state index is -0.202. The van der Waals surface area contributed by atoms with E-state index < -0.39 is 0 Å². The molecular formula is C16H16FN3OS. The lowest BCUT2D eigenvalue weighted by Crippen LogP contribution is -2.22. The molecule has 0 saturated carbocycles. The van der Waals surface area contributed by atoms with Crippen molar-refractivity contribution in [3.8, 4) is 10.8 Å². The van der Waals surface area contributed by atoms with Crippen molar-refractivity contribution in [3.63, 3.8) is 0 Å². The molecule has 3 rings (SSSR count). The molecule has 2 aromatic heterocycles. The fourth-order valence-corrected chi connectivity index (χ4v) is 2.77. The third kappa shape index (κ3) is 3.08. The van der Waals surface area contributed by atoms with Crippen LogP contribution in [0.2, 0.25) is 0 Å². The van der Waals surface area contributed by atoms with Crippen LogP contribution in [-0.2, 0) is 6.54 Å². The molecule has 3 aromatic rings. The van der Waals surface area contributed by atoms with E-state index in [-0.39, 0.29) is 11.9 Å². The molecule has 114 valence electrons. The van der Waals surface area contributed by atoms with Crippen molar-refractivity contribution in [3.05, 3.63) is 59.0 Å². The van der Waals surface area contributed by atoms with Crippen molar-refractivity contribution >= 4 is 11.3 Å². The number of hydrogen-bond donors (Lipinski definition) is 0. The molecule has 0 fully saturated rings. The van der Waals surface area contributed by atoms with E-state index in [0.717, 1.165) is 4.88 Å². The van der Waals surface area contributed by atoms with Crippen LogP contribution in [0.3, 0.4) is 0 Å². The normalized spacial score (nSPS) is 12.7. The molecule has 0 radical (unpaired) electrons. The summed E-state index contributed by atoms with van der Waals surface area (Å²) in [5.41, 5.74) is 0.648. The Morgan fingerprint density at radius 2 is 2.05 bits per heavy atom. The van der Waals surface area contributed by atoms with E-state index in [1.54, 1.807) is 23.5 Å². The highest BCUT2D eigenvalue weighted by atomic mass is 32.1. The molecule has 0 aliphatic heterocycles. The van der Waals surface area contributed by atoms with Gasteiger partial charge in [-0.2, -0.15) is 0 Å². The maximum atomic E-state index is 13.7. The molecule has 0 saturated heterocycles. The summed E-state index contributed by atoms with van der Waals surface area (Å²) in [6.07, 6.45) is 0. The van der Waals surface area contributed by atoms with Crippen LogP contribution in [0.15, 0.2) is 46.2 Å². The summed E-state index contributed by atoms with van der Waals surface area (Å²) < 4.78 is 19.5. The minimum absolute atomic E-state index is 0.0965. The van der Waals surface area contributed by atoms with Crippen molar-refractivity contribution in [2.24, 2.45) is 0 Å². The second kappa shape index (κ2) is 6.37. The van der Waals surface area contributed by atoms with Gasteiger partial charge in [0.15, 0.2) is 0 Å². The summed E-state index contributed by atoms with van der Waals surface area (Å²) in [4.78, 5) is 2.92. The van der Waals surface area contributed by atoms with Crippen molar-refractivity contribution in [2.45, 2.75) is 19.5 Å². The number of benzene rings is 1. The Bertz CT molecular complexity index is 741. The molecule has 0 bridgehead atoms. The second-order valence-electron chi connectivity index (χ2n) is 5.11. The first-order chi connectivity index (χ1) is 10.6. The van der Waals surface area contributed by atoms with Gasteiger partial charge in [-0.25, -0.2) is 4.39 Å². The van der Waals surface area contributed by atoms with Gasteiger partial charge in [-0.3, -0.25) is 4.90 Å². The highest BCUT2D eigenvalue weighted by Gasteiger charge is 2.20. The van der Waals surface area contributed by atoms with Crippen LogP contribution in [0, 0.1) is 5.82 Å². The number of halogens is 1. The van der Waals surface area contributed by atoms with Gasteiger partial charge in [-0.15, -0.1) is 21.5 Å². The molecule has 0 amide bonds. The van der Waals surface area contributed by atoms with E-state index in [2.05, 4.69) is 10.2 Å². The molecule has 4 nitrogen and oxygen atoms in total. The van der Waals surface area contributed by atoms with E-state index in [9.17, 15) is 4.39 Å². The summed E-state index contributed by atoms with van der Waals surface area (Å²) in [7, 11) is 1.91. The lowest BCUT2D eigenvalue weighted by molar-refractivity contribution is 0.215. The van der Waals surface area contributed by atoms with Gasteiger partial charge in [0.1, 0.15) is 5.82 Å². The summed E-state index contributed by atoms with van der Waals surface area (Å²) in [5.74, 6) is 0.852. The molecule has 0 aliphatic rings. The molecular weight excluding hydrogens is 301 g/mol. The maximum absolute atomic E-state index is 13.7. The van der Waals surface area contributed by atoms with Gasteiger partial charge in [0.05, 0.1) is 10.9 Å². The Kier molecular flexibility index (Phi) is 4.31. The summed E-state index contributed by atoms with van der Waals surface area (Å²) in [6, 6.07) is 10.6. The van der Waals surface area contributed by atoms with Gasteiger partial charge in [0, 0.05) is 12.1 Å². The predicted molar refractivity (Wildman–Crippen MR) is 83.9 cm³/mol. The van der Waals surface area contributed by atoms with E-state index in [1.165, 1.54) is 6.07 Å². The number of rotatable bonds is 5. The van der Waals surface area contributed by atoms with Crippen LogP contribution in [0.5, 0.6) is 0 Å². The molecule has 1 aromatic carbocycles. The quantitative estimate of drug-likeness (QED) is 0.709. The number of nitrogens with zero attached hydrogens (tertiary/aromatic N) is 3. The van der Waals surface area contributed by atoms with Crippen molar-refractivity contribution < 1.29 is 8.81 Å². The Hall–Kier alpha value is -2.05. The molecule has 0 spiro atoms. The van der Waals surface area contributed by atoms with Crippen LogP contribution in [0.4, 0.5) is 4.39 Å². The van der Waals surface area contributed by atoms with Crippen molar-refractivity contribution in [1.29, 1.82) is 0 Å². The fourth-order valence-electron chi connectivity index (χ4n) is 2.12. The average molecular weight is 317 g/mol. The van der Waals surface area contributed by atoms with Crippen LogP contribution in [-0.4, -0.2) is 22.1 Å². The van der Waals surface area contributed by atoms with Crippen LogP contribution >= 0.6 is 11.3 Å². The van der Waals surface area contributed by atoms with Crippen molar-refractivity contribution in [2.75, 3.05) is 7.05 Å².